The van der Waals surface area contributed by atoms with Crippen LogP contribution in [0.1, 0.15) is 28.2 Å². The second-order valence-corrected chi connectivity index (χ2v) is 7.47. The Labute approximate surface area is 144 Å². The molecule has 2 bridgehead atoms. The minimum atomic E-state index is -0.0820. The zero-order chi connectivity index (χ0) is 16.5. The van der Waals surface area contributed by atoms with Crippen LogP contribution in [0, 0.1) is 17.2 Å². The lowest BCUT2D eigenvalue weighted by molar-refractivity contribution is 0.0620. The Morgan fingerprint density at radius 3 is 2.92 bits per heavy atom. The fraction of sp³-hybridized carbons (Fsp3) is 0.389. The zero-order valence-corrected chi connectivity index (χ0v) is 14.1. The van der Waals surface area contributed by atoms with E-state index in [0.717, 1.165) is 30.1 Å². The molecule has 1 amide bonds. The monoisotopic (exact) mass is 338 g/mol. The van der Waals surface area contributed by atoms with Crippen LogP contribution in [0.4, 0.5) is 0 Å². The van der Waals surface area contributed by atoms with Crippen LogP contribution in [0.2, 0.25) is 0 Å². The molecule has 3 fully saturated rings. The SMILES string of the molecule is N#Cc1cccc(-c2cnc(C(=O)NC3CN4CCC3CC4)s2)c1. The van der Waals surface area contributed by atoms with Crippen LogP contribution in [-0.2, 0) is 0 Å². The maximum atomic E-state index is 12.5. The molecule has 1 aromatic heterocycles. The van der Waals surface area contributed by atoms with Gasteiger partial charge in [-0.2, -0.15) is 5.26 Å². The normalized spacial score (nSPS) is 25.2. The lowest BCUT2D eigenvalue weighted by atomic mass is 9.84. The quantitative estimate of drug-likeness (QED) is 0.933. The van der Waals surface area contributed by atoms with Gasteiger partial charge in [-0.05, 0) is 49.5 Å². The summed E-state index contributed by atoms with van der Waals surface area (Å²) < 4.78 is 0. The number of aromatic nitrogens is 1. The summed E-state index contributed by atoms with van der Waals surface area (Å²) in [6.45, 7) is 3.28. The van der Waals surface area contributed by atoms with E-state index in [9.17, 15) is 4.79 Å². The van der Waals surface area contributed by atoms with Crippen LogP contribution < -0.4 is 5.32 Å². The number of nitriles is 1. The first-order chi connectivity index (χ1) is 11.7. The van der Waals surface area contributed by atoms with Crippen LogP contribution in [-0.4, -0.2) is 41.5 Å². The summed E-state index contributed by atoms with van der Waals surface area (Å²) in [5.41, 5.74) is 1.53. The molecule has 2 aromatic rings. The molecule has 5 nitrogen and oxygen atoms in total. The van der Waals surface area contributed by atoms with Crippen molar-refractivity contribution >= 4 is 17.2 Å². The van der Waals surface area contributed by atoms with Gasteiger partial charge in [-0.1, -0.05) is 12.1 Å². The van der Waals surface area contributed by atoms with Gasteiger partial charge in [0.25, 0.3) is 5.91 Å². The summed E-state index contributed by atoms with van der Waals surface area (Å²) in [6.07, 6.45) is 4.07. The number of nitrogens with zero attached hydrogens (tertiary/aromatic N) is 3. The highest BCUT2D eigenvalue weighted by Gasteiger charge is 2.35. The number of carbonyl (C=O) groups excluding carboxylic acids is 1. The van der Waals surface area contributed by atoms with Gasteiger partial charge in [0, 0.05) is 18.8 Å². The van der Waals surface area contributed by atoms with Crippen molar-refractivity contribution in [2.45, 2.75) is 18.9 Å². The number of carbonyl (C=O) groups is 1. The standard InChI is InChI=1S/C18H18N4OS/c19-9-12-2-1-3-14(8-12)16-10-20-18(24-16)17(23)21-15-11-22-6-4-13(15)5-7-22/h1-3,8,10,13,15H,4-7,11H2,(H,21,23). The van der Waals surface area contributed by atoms with E-state index in [1.54, 1.807) is 12.3 Å². The summed E-state index contributed by atoms with van der Waals surface area (Å²) in [5.74, 6) is 0.520. The number of rotatable bonds is 3. The molecular formula is C18H18N4OS. The molecule has 0 saturated carbocycles. The van der Waals surface area contributed by atoms with Gasteiger partial charge in [0.15, 0.2) is 5.01 Å². The number of nitrogens with one attached hydrogen (secondary N) is 1. The van der Waals surface area contributed by atoms with Crippen molar-refractivity contribution in [3.63, 3.8) is 0 Å². The van der Waals surface area contributed by atoms with E-state index in [-0.39, 0.29) is 11.9 Å². The van der Waals surface area contributed by atoms with Crippen molar-refractivity contribution in [2.24, 2.45) is 5.92 Å². The van der Waals surface area contributed by atoms with Crippen molar-refractivity contribution in [3.8, 4) is 16.5 Å². The van der Waals surface area contributed by atoms with Crippen LogP contribution in [0.25, 0.3) is 10.4 Å². The topological polar surface area (TPSA) is 69.0 Å². The molecule has 1 unspecified atom stereocenters. The van der Waals surface area contributed by atoms with Gasteiger partial charge in [-0.3, -0.25) is 4.79 Å². The summed E-state index contributed by atoms with van der Waals surface area (Å²) >= 11 is 1.38. The Kier molecular flexibility index (Phi) is 4.05. The highest BCUT2D eigenvalue weighted by molar-refractivity contribution is 7.16. The van der Waals surface area contributed by atoms with Crippen LogP contribution in [0.15, 0.2) is 30.5 Å². The second-order valence-electron chi connectivity index (χ2n) is 6.44. The summed E-state index contributed by atoms with van der Waals surface area (Å²) in [5, 5.41) is 12.7. The molecule has 1 aromatic carbocycles. The molecule has 3 saturated heterocycles. The minimum Gasteiger partial charge on any atom is -0.346 e. The van der Waals surface area contributed by atoms with Crippen molar-refractivity contribution < 1.29 is 4.79 Å². The molecule has 24 heavy (non-hydrogen) atoms. The lowest BCUT2D eigenvalue weighted by Crippen LogP contribution is -2.57. The first kappa shape index (κ1) is 15.3. The lowest BCUT2D eigenvalue weighted by Gasteiger charge is -2.44. The number of amides is 1. The molecule has 0 aliphatic carbocycles. The Hall–Kier alpha value is -2.23. The molecule has 4 heterocycles. The predicted octanol–water partition coefficient (Wildman–Crippen LogP) is 2.51. The molecule has 5 rings (SSSR count). The molecule has 3 aliphatic heterocycles. The van der Waals surface area contributed by atoms with E-state index in [2.05, 4.69) is 21.3 Å². The average Bonchev–Trinajstić information content (AvgIpc) is 3.13. The Balaban J connectivity index is 1.48. The van der Waals surface area contributed by atoms with E-state index in [1.165, 1.54) is 24.2 Å². The van der Waals surface area contributed by atoms with Gasteiger partial charge in [-0.25, -0.2) is 4.98 Å². The number of fused-ring (bicyclic) bond motifs is 3. The second kappa shape index (κ2) is 6.34. The number of hydrogen-bond acceptors (Lipinski definition) is 5. The Morgan fingerprint density at radius 1 is 1.38 bits per heavy atom. The number of thiazole rings is 1. The number of hydrogen-bond donors (Lipinski definition) is 1. The van der Waals surface area contributed by atoms with Gasteiger partial charge >= 0.3 is 0 Å². The molecule has 1 atom stereocenters. The molecular weight excluding hydrogens is 320 g/mol. The minimum absolute atomic E-state index is 0.0820. The summed E-state index contributed by atoms with van der Waals surface area (Å²) in [4.78, 5) is 20.1. The zero-order valence-electron chi connectivity index (χ0n) is 13.2. The van der Waals surface area contributed by atoms with E-state index in [4.69, 9.17) is 5.26 Å². The van der Waals surface area contributed by atoms with Crippen LogP contribution in [0.5, 0.6) is 0 Å². The van der Waals surface area contributed by atoms with Crippen LogP contribution >= 0.6 is 11.3 Å². The summed E-state index contributed by atoms with van der Waals surface area (Å²) in [6, 6.07) is 9.75. The third-order valence-corrected chi connectivity index (χ3v) is 5.99. The van der Waals surface area contributed by atoms with Gasteiger partial charge in [0.2, 0.25) is 0 Å². The average molecular weight is 338 g/mol. The summed E-state index contributed by atoms with van der Waals surface area (Å²) in [7, 11) is 0. The van der Waals surface area contributed by atoms with Crippen molar-refractivity contribution in [1.29, 1.82) is 5.26 Å². The molecule has 3 aliphatic rings. The van der Waals surface area contributed by atoms with E-state index in [1.807, 2.05) is 18.2 Å². The van der Waals surface area contributed by atoms with E-state index < -0.39 is 0 Å². The molecule has 122 valence electrons. The molecule has 1 N–H and O–H groups in total. The highest BCUT2D eigenvalue weighted by Crippen LogP contribution is 2.29. The van der Waals surface area contributed by atoms with E-state index in [0.29, 0.717) is 16.5 Å². The fourth-order valence-corrected chi connectivity index (χ4v) is 4.43. The maximum Gasteiger partial charge on any atom is 0.280 e. The number of piperidine rings is 3. The first-order valence-electron chi connectivity index (χ1n) is 8.22. The smallest absolute Gasteiger partial charge is 0.280 e. The number of benzene rings is 1. The van der Waals surface area contributed by atoms with E-state index >= 15 is 0 Å². The van der Waals surface area contributed by atoms with Crippen molar-refractivity contribution in [3.05, 3.63) is 41.0 Å². The maximum absolute atomic E-state index is 12.5. The van der Waals surface area contributed by atoms with Gasteiger partial charge in [0.1, 0.15) is 0 Å². The predicted molar refractivity (Wildman–Crippen MR) is 92.7 cm³/mol. The van der Waals surface area contributed by atoms with Gasteiger partial charge < -0.3 is 10.2 Å². The largest absolute Gasteiger partial charge is 0.346 e. The molecule has 0 spiro atoms. The van der Waals surface area contributed by atoms with Gasteiger partial charge in [0.05, 0.1) is 16.5 Å². The third kappa shape index (κ3) is 2.93. The fourth-order valence-electron chi connectivity index (χ4n) is 3.61. The molecule has 0 radical (unpaired) electrons. The highest BCUT2D eigenvalue weighted by atomic mass is 32.1. The van der Waals surface area contributed by atoms with Crippen molar-refractivity contribution in [2.75, 3.05) is 19.6 Å². The Bertz CT molecular complexity index is 801. The van der Waals surface area contributed by atoms with Crippen LogP contribution in [0.3, 0.4) is 0 Å². The third-order valence-electron chi connectivity index (χ3n) is 4.95. The Morgan fingerprint density at radius 2 is 2.21 bits per heavy atom. The van der Waals surface area contributed by atoms with Gasteiger partial charge in [-0.15, -0.1) is 11.3 Å². The first-order valence-corrected chi connectivity index (χ1v) is 9.04. The molecule has 6 heteroatoms. The van der Waals surface area contributed by atoms with Crippen molar-refractivity contribution in [1.82, 2.24) is 15.2 Å².